The zero-order valence-electron chi connectivity index (χ0n) is 18.9. The molecule has 0 aliphatic heterocycles. The van der Waals surface area contributed by atoms with E-state index in [1.54, 1.807) is 30.3 Å². The number of ether oxygens (including phenoxy) is 1. The molecule has 0 spiro atoms. The Morgan fingerprint density at radius 3 is 1.73 bits per heavy atom. The standard InChI is InChI=1S/C16H32O2.C10H10O2/c1-2-3-4-5-6-7-8-9-10-11-12-13-14-15-16(17)18;1-2-8-12-10(11)9-6-4-3-5-7-9/h2-15H2,1H3,(H,17,18);2-7H,1,8H2. The van der Waals surface area contributed by atoms with Gasteiger partial charge < -0.3 is 9.84 Å². The second-order valence-electron chi connectivity index (χ2n) is 7.64. The number of carboxylic acid groups (broad SMARTS) is 1. The van der Waals surface area contributed by atoms with E-state index in [9.17, 15) is 9.59 Å². The Kier molecular flexibility index (Phi) is 20.1. The number of benzene rings is 1. The molecule has 1 rings (SSSR count). The van der Waals surface area contributed by atoms with E-state index in [-0.39, 0.29) is 12.6 Å². The van der Waals surface area contributed by atoms with Crippen molar-refractivity contribution in [1.82, 2.24) is 0 Å². The van der Waals surface area contributed by atoms with Crippen LogP contribution < -0.4 is 0 Å². The fourth-order valence-corrected chi connectivity index (χ4v) is 3.09. The molecule has 0 saturated carbocycles. The van der Waals surface area contributed by atoms with E-state index in [2.05, 4.69) is 13.5 Å². The third-order valence-corrected chi connectivity index (χ3v) is 4.84. The van der Waals surface area contributed by atoms with E-state index in [1.165, 1.54) is 70.6 Å². The number of carbonyl (C=O) groups is 2. The Balaban J connectivity index is 0.000000604. The first-order valence-electron chi connectivity index (χ1n) is 11.7. The summed E-state index contributed by atoms with van der Waals surface area (Å²) in [6.07, 6.45) is 18.8. The molecule has 0 atom stereocenters. The Morgan fingerprint density at radius 2 is 1.30 bits per heavy atom. The molecular formula is C26H42O4. The van der Waals surface area contributed by atoms with Gasteiger partial charge in [0.2, 0.25) is 0 Å². The maximum atomic E-state index is 11.1. The topological polar surface area (TPSA) is 63.6 Å². The van der Waals surface area contributed by atoms with E-state index in [4.69, 9.17) is 9.84 Å². The van der Waals surface area contributed by atoms with Crippen LogP contribution in [0.1, 0.15) is 107 Å². The lowest BCUT2D eigenvalue weighted by Crippen LogP contribution is -2.04. The largest absolute Gasteiger partial charge is 0.481 e. The summed E-state index contributed by atoms with van der Waals surface area (Å²) in [5.74, 6) is -0.964. The molecule has 30 heavy (non-hydrogen) atoms. The van der Waals surface area contributed by atoms with Crippen LogP contribution in [-0.2, 0) is 9.53 Å². The van der Waals surface area contributed by atoms with E-state index in [0.717, 1.165) is 12.8 Å². The van der Waals surface area contributed by atoms with Gasteiger partial charge in [-0.05, 0) is 18.6 Å². The molecule has 0 unspecified atom stereocenters. The minimum absolute atomic E-state index is 0.258. The maximum Gasteiger partial charge on any atom is 0.338 e. The number of aliphatic carboxylic acids is 1. The summed E-state index contributed by atoms with van der Waals surface area (Å²) in [5, 5.41) is 8.49. The molecule has 0 aliphatic carbocycles. The van der Waals surface area contributed by atoms with Crippen LogP contribution in [0.5, 0.6) is 0 Å². The van der Waals surface area contributed by atoms with E-state index >= 15 is 0 Å². The summed E-state index contributed by atoms with van der Waals surface area (Å²) in [7, 11) is 0. The third-order valence-electron chi connectivity index (χ3n) is 4.84. The van der Waals surface area contributed by atoms with Gasteiger partial charge in [-0.2, -0.15) is 0 Å². The predicted octanol–water partition coefficient (Wildman–Crippen LogP) is 7.58. The minimum atomic E-state index is -0.655. The number of unbranched alkanes of at least 4 members (excludes halogenated alkanes) is 12. The number of carbonyl (C=O) groups excluding carboxylic acids is 1. The highest BCUT2D eigenvalue weighted by Gasteiger charge is 2.03. The summed E-state index contributed by atoms with van der Waals surface area (Å²) >= 11 is 0. The van der Waals surface area contributed by atoms with Gasteiger partial charge in [-0.3, -0.25) is 4.79 Å². The number of carboxylic acids is 1. The number of esters is 1. The number of hydrogen-bond acceptors (Lipinski definition) is 3. The van der Waals surface area contributed by atoms with Crippen molar-refractivity contribution in [2.24, 2.45) is 0 Å². The van der Waals surface area contributed by atoms with Crippen molar-refractivity contribution in [3.8, 4) is 0 Å². The first-order chi connectivity index (χ1) is 14.6. The Morgan fingerprint density at radius 1 is 0.833 bits per heavy atom. The summed E-state index contributed by atoms with van der Waals surface area (Å²) < 4.78 is 4.82. The van der Waals surface area contributed by atoms with Gasteiger partial charge in [0.05, 0.1) is 5.56 Å². The lowest BCUT2D eigenvalue weighted by molar-refractivity contribution is -0.137. The summed E-state index contributed by atoms with van der Waals surface area (Å²) in [6, 6.07) is 8.87. The average Bonchev–Trinajstić information content (AvgIpc) is 2.76. The maximum absolute atomic E-state index is 11.1. The van der Waals surface area contributed by atoms with Crippen molar-refractivity contribution in [2.75, 3.05) is 6.61 Å². The normalized spacial score (nSPS) is 10.0. The monoisotopic (exact) mass is 418 g/mol. The molecule has 0 saturated heterocycles. The van der Waals surface area contributed by atoms with Crippen LogP contribution in [-0.4, -0.2) is 23.7 Å². The molecule has 0 fully saturated rings. The predicted molar refractivity (Wildman–Crippen MR) is 125 cm³/mol. The lowest BCUT2D eigenvalue weighted by Gasteiger charge is -2.02. The van der Waals surface area contributed by atoms with Crippen LogP contribution >= 0.6 is 0 Å². The Labute approximate surface area is 183 Å². The second-order valence-corrected chi connectivity index (χ2v) is 7.64. The lowest BCUT2D eigenvalue weighted by atomic mass is 10.0. The molecule has 0 aliphatic rings. The molecule has 4 heteroatoms. The zero-order chi connectivity index (χ0) is 22.3. The molecule has 170 valence electrons. The highest BCUT2D eigenvalue weighted by atomic mass is 16.5. The van der Waals surface area contributed by atoms with Gasteiger partial charge in [0.1, 0.15) is 6.61 Å². The fraction of sp³-hybridized carbons (Fsp3) is 0.615. The van der Waals surface area contributed by atoms with Crippen molar-refractivity contribution in [3.63, 3.8) is 0 Å². The van der Waals surface area contributed by atoms with Gasteiger partial charge in [-0.1, -0.05) is 115 Å². The van der Waals surface area contributed by atoms with Crippen molar-refractivity contribution in [2.45, 2.75) is 96.8 Å². The van der Waals surface area contributed by atoms with Gasteiger partial charge in [0, 0.05) is 6.42 Å². The van der Waals surface area contributed by atoms with Crippen molar-refractivity contribution < 1.29 is 19.4 Å². The molecule has 1 N–H and O–H groups in total. The van der Waals surface area contributed by atoms with Crippen molar-refractivity contribution in [3.05, 3.63) is 48.6 Å². The Bertz CT molecular complexity index is 539. The van der Waals surface area contributed by atoms with E-state index in [0.29, 0.717) is 12.0 Å². The van der Waals surface area contributed by atoms with E-state index < -0.39 is 5.97 Å². The second kappa shape index (κ2) is 21.6. The first kappa shape index (κ1) is 27.9. The van der Waals surface area contributed by atoms with Crippen LogP contribution in [0.15, 0.2) is 43.0 Å². The van der Waals surface area contributed by atoms with Crippen LogP contribution in [0.3, 0.4) is 0 Å². The molecule has 0 heterocycles. The number of rotatable bonds is 17. The molecule has 1 aromatic rings. The molecular weight excluding hydrogens is 376 g/mol. The Hall–Kier alpha value is -2.10. The average molecular weight is 419 g/mol. The molecule has 0 aromatic heterocycles. The van der Waals surface area contributed by atoms with Crippen LogP contribution in [0.4, 0.5) is 0 Å². The number of hydrogen-bond donors (Lipinski definition) is 1. The summed E-state index contributed by atoms with van der Waals surface area (Å²) in [4.78, 5) is 21.4. The van der Waals surface area contributed by atoms with Gasteiger partial charge in [0.15, 0.2) is 0 Å². The molecule has 1 aromatic carbocycles. The van der Waals surface area contributed by atoms with Crippen molar-refractivity contribution in [1.29, 1.82) is 0 Å². The highest BCUT2D eigenvalue weighted by molar-refractivity contribution is 5.89. The van der Waals surface area contributed by atoms with E-state index in [1.807, 2.05) is 6.07 Å². The van der Waals surface area contributed by atoms with Crippen LogP contribution in [0, 0.1) is 0 Å². The van der Waals surface area contributed by atoms with Gasteiger partial charge in [-0.25, -0.2) is 4.79 Å². The molecule has 4 nitrogen and oxygen atoms in total. The smallest absolute Gasteiger partial charge is 0.338 e. The molecule has 0 radical (unpaired) electrons. The van der Waals surface area contributed by atoms with Gasteiger partial charge >= 0.3 is 11.9 Å². The SMILES string of the molecule is C=CCOC(=O)c1ccccc1.CCCCCCCCCCCCCCCC(=O)O. The van der Waals surface area contributed by atoms with Gasteiger partial charge in [-0.15, -0.1) is 0 Å². The first-order valence-corrected chi connectivity index (χ1v) is 11.7. The molecule has 0 amide bonds. The zero-order valence-corrected chi connectivity index (χ0v) is 18.9. The summed E-state index contributed by atoms with van der Waals surface area (Å²) in [6.45, 7) is 5.97. The fourth-order valence-electron chi connectivity index (χ4n) is 3.09. The quantitative estimate of drug-likeness (QED) is 0.161. The summed E-state index contributed by atoms with van der Waals surface area (Å²) in [5.41, 5.74) is 0.569. The van der Waals surface area contributed by atoms with Crippen LogP contribution in [0.2, 0.25) is 0 Å². The highest BCUT2D eigenvalue weighted by Crippen LogP contribution is 2.12. The third kappa shape index (κ3) is 19.2. The van der Waals surface area contributed by atoms with Crippen LogP contribution in [0.25, 0.3) is 0 Å². The van der Waals surface area contributed by atoms with Crippen molar-refractivity contribution >= 4 is 11.9 Å². The van der Waals surface area contributed by atoms with Gasteiger partial charge in [0.25, 0.3) is 0 Å². The molecule has 0 bridgehead atoms. The minimum Gasteiger partial charge on any atom is -0.481 e.